The molecule has 0 saturated heterocycles. The Morgan fingerprint density at radius 3 is 2.24 bits per heavy atom. The lowest BCUT2D eigenvalue weighted by molar-refractivity contribution is 0.620. The van der Waals surface area contributed by atoms with Gasteiger partial charge in [0.2, 0.25) is 5.89 Å². The molecule has 7 aromatic rings. The van der Waals surface area contributed by atoms with E-state index in [9.17, 15) is 0 Å². The molecule has 5 aromatic carbocycles. The second-order valence-electron chi connectivity index (χ2n) is 10.7. The topological polar surface area (TPSA) is 79.5 Å². The van der Waals surface area contributed by atoms with Crippen LogP contribution >= 0.6 is 0 Å². The number of rotatable bonds is 7. The number of nitrogens with one attached hydrogen (secondary N) is 1. The molecule has 6 heteroatoms. The molecular formula is C40H29N5O. The molecule has 0 fully saturated rings. The van der Waals surface area contributed by atoms with Crippen molar-refractivity contribution in [1.82, 2.24) is 9.55 Å². The molecule has 1 N–H and O–H groups in total. The normalized spacial score (nSPS) is 12.1. The maximum absolute atomic E-state index is 8.72. The molecular weight excluding hydrogens is 566 g/mol. The molecule has 0 radical (unpaired) electrons. The van der Waals surface area contributed by atoms with Crippen LogP contribution in [0.4, 0.5) is 0 Å². The monoisotopic (exact) mass is 595 g/mol. The number of hydrogen-bond acceptors (Lipinski definition) is 3. The summed E-state index contributed by atoms with van der Waals surface area (Å²) in [6, 6.07) is 41.6. The minimum absolute atomic E-state index is 0.0123. The summed E-state index contributed by atoms with van der Waals surface area (Å²) in [5, 5.41) is 10.9. The van der Waals surface area contributed by atoms with Gasteiger partial charge in [0.1, 0.15) is 5.52 Å². The average molecular weight is 596 g/mol. The lowest BCUT2D eigenvalue weighted by atomic mass is 10.1. The van der Waals surface area contributed by atoms with Crippen LogP contribution < -0.4 is 0 Å². The Kier molecular flexibility index (Phi) is 7.59. The molecule has 0 amide bonds. The Balaban J connectivity index is 1.19. The summed E-state index contributed by atoms with van der Waals surface area (Å²) in [6.45, 7) is 8.51. The Labute approximate surface area is 266 Å². The van der Waals surface area contributed by atoms with E-state index in [1.165, 1.54) is 0 Å². The molecule has 0 bridgehead atoms. The predicted molar refractivity (Wildman–Crippen MR) is 191 cm³/mol. The largest absolute Gasteiger partial charge is 0.436 e. The zero-order valence-corrected chi connectivity index (χ0v) is 25.0. The molecule has 6 nitrogen and oxygen atoms in total. The number of amidine groups is 2. The van der Waals surface area contributed by atoms with Crippen LogP contribution in [0.1, 0.15) is 11.1 Å². The van der Waals surface area contributed by atoms with Crippen molar-refractivity contribution in [2.45, 2.75) is 0 Å². The van der Waals surface area contributed by atoms with E-state index in [0.717, 1.165) is 55.3 Å². The van der Waals surface area contributed by atoms with Crippen LogP contribution in [0.2, 0.25) is 0 Å². The van der Waals surface area contributed by atoms with Crippen molar-refractivity contribution in [3.05, 3.63) is 169 Å². The number of para-hydroxylation sites is 3. The smallest absolute Gasteiger partial charge is 0.227 e. The van der Waals surface area contributed by atoms with E-state index in [1.54, 1.807) is 12.3 Å². The quantitative estimate of drug-likeness (QED) is 0.113. The lowest BCUT2D eigenvalue weighted by Gasteiger charge is -2.08. The van der Waals surface area contributed by atoms with E-state index in [2.05, 4.69) is 52.0 Å². The van der Waals surface area contributed by atoms with Crippen LogP contribution in [-0.2, 0) is 0 Å². The van der Waals surface area contributed by atoms with Crippen molar-refractivity contribution in [2.75, 3.05) is 0 Å². The van der Waals surface area contributed by atoms with Crippen LogP contribution in [0.15, 0.2) is 173 Å². The van der Waals surface area contributed by atoms with Gasteiger partial charge in [0, 0.05) is 39.4 Å². The Morgan fingerprint density at radius 1 is 0.739 bits per heavy atom. The zero-order valence-electron chi connectivity index (χ0n) is 25.0. The molecule has 0 atom stereocenters. The van der Waals surface area contributed by atoms with Gasteiger partial charge in [-0.1, -0.05) is 104 Å². The van der Waals surface area contributed by atoms with Crippen LogP contribution in [0, 0.1) is 5.41 Å². The number of aromatic nitrogens is 2. The highest BCUT2D eigenvalue weighted by atomic mass is 16.3. The molecule has 7 rings (SSSR count). The highest BCUT2D eigenvalue weighted by Crippen LogP contribution is 2.35. The fraction of sp³-hybridized carbons (Fsp3) is 0. The predicted octanol–water partition coefficient (Wildman–Crippen LogP) is 9.73. The molecule has 220 valence electrons. The van der Waals surface area contributed by atoms with Gasteiger partial charge in [-0.15, -0.1) is 0 Å². The Morgan fingerprint density at radius 2 is 1.43 bits per heavy atom. The van der Waals surface area contributed by atoms with Crippen molar-refractivity contribution in [2.24, 2.45) is 9.98 Å². The van der Waals surface area contributed by atoms with E-state index in [4.69, 9.17) is 14.8 Å². The third-order valence-corrected chi connectivity index (χ3v) is 7.67. The van der Waals surface area contributed by atoms with Crippen LogP contribution in [0.3, 0.4) is 0 Å². The maximum Gasteiger partial charge on any atom is 0.227 e. The molecule has 0 unspecified atom stereocenters. The molecule has 0 aliphatic carbocycles. The first-order valence-electron chi connectivity index (χ1n) is 14.8. The number of hydrogen-bond donors (Lipinski definition) is 1. The highest BCUT2D eigenvalue weighted by Gasteiger charge is 2.15. The van der Waals surface area contributed by atoms with Crippen molar-refractivity contribution in [3.63, 3.8) is 0 Å². The van der Waals surface area contributed by atoms with Gasteiger partial charge in [-0.25, -0.2) is 15.0 Å². The molecule has 46 heavy (non-hydrogen) atoms. The number of fused-ring (bicyclic) bond motifs is 4. The zero-order chi connectivity index (χ0) is 31.5. The molecule has 0 saturated carbocycles. The summed E-state index contributed by atoms with van der Waals surface area (Å²) in [4.78, 5) is 13.9. The Hall–Kier alpha value is -6.40. The molecule has 0 aliphatic rings. The first-order chi connectivity index (χ1) is 22.5. The third-order valence-electron chi connectivity index (χ3n) is 7.67. The van der Waals surface area contributed by atoms with Gasteiger partial charge in [0.15, 0.2) is 17.3 Å². The van der Waals surface area contributed by atoms with Crippen molar-refractivity contribution in [1.29, 1.82) is 5.41 Å². The summed E-state index contributed by atoms with van der Waals surface area (Å²) in [7, 11) is 0. The number of aliphatic imine (C=N–C) groups is 2. The van der Waals surface area contributed by atoms with Crippen LogP contribution in [-0.4, -0.2) is 27.4 Å². The first-order valence-corrected chi connectivity index (χ1v) is 14.8. The highest BCUT2D eigenvalue weighted by molar-refractivity contribution is 6.14. The summed E-state index contributed by atoms with van der Waals surface area (Å²) in [5.74, 6) is 1.02. The van der Waals surface area contributed by atoms with E-state index < -0.39 is 0 Å². The third kappa shape index (κ3) is 5.63. The number of benzene rings is 5. The van der Waals surface area contributed by atoms with Gasteiger partial charge in [0.05, 0.1) is 11.0 Å². The summed E-state index contributed by atoms with van der Waals surface area (Å²) >= 11 is 0. The standard InChI is InChI=1S/C40H29N5O/c1-27(38(41)44-39(30-15-7-4-8-16-30)42-26-29-13-5-3-6-14-29)21-22-28(2)45-35-19-11-9-17-32(35)33-25-31(23-24-36(33)45)40-43-34-18-10-12-20-37(34)46-40/h3-26,41H,1-2H2/b22-21-,41-38?,42-26?,44-39?. The summed E-state index contributed by atoms with van der Waals surface area (Å²) < 4.78 is 8.16. The Bertz CT molecular complexity index is 2320. The van der Waals surface area contributed by atoms with Crippen molar-refractivity contribution in [3.8, 4) is 11.5 Å². The van der Waals surface area contributed by atoms with Crippen LogP contribution in [0.25, 0.3) is 50.1 Å². The van der Waals surface area contributed by atoms with Gasteiger partial charge < -0.3 is 8.98 Å². The summed E-state index contributed by atoms with van der Waals surface area (Å²) in [6.07, 6.45) is 5.38. The number of oxazole rings is 1. The average Bonchev–Trinajstić information content (AvgIpc) is 3.69. The van der Waals surface area contributed by atoms with E-state index >= 15 is 0 Å². The SMILES string of the molecule is C=C(/C=C\C(=C)n1c2ccccc2c2cc(-c3nc4ccccc4o3)ccc21)C(=N)N=C(N=Cc1ccccc1)c1ccccc1. The van der Waals surface area contributed by atoms with Gasteiger partial charge in [-0.2, -0.15) is 0 Å². The fourth-order valence-corrected chi connectivity index (χ4v) is 5.37. The number of nitrogens with zero attached hydrogens (tertiary/aromatic N) is 4. The van der Waals surface area contributed by atoms with Gasteiger partial charge in [0.25, 0.3) is 0 Å². The van der Waals surface area contributed by atoms with Crippen molar-refractivity contribution >= 4 is 56.5 Å². The van der Waals surface area contributed by atoms with Crippen molar-refractivity contribution < 1.29 is 4.42 Å². The number of allylic oxidation sites excluding steroid dienone is 2. The lowest BCUT2D eigenvalue weighted by Crippen LogP contribution is -2.04. The van der Waals surface area contributed by atoms with E-state index in [1.807, 2.05) is 109 Å². The molecule has 2 aromatic heterocycles. The second-order valence-corrected chi connectivity index (χ2v) is 10.7. The maximum atomic E-state index is 8.72. The van der Waals surface area contributed by atoms with Gasteiger partial charge >= 0.3 is 0 Å². The van der Waals surface area contributed by atoms with E-state index in [0.29, 0.717) is 17.3 Å². The van der Waals surface area contributed by atoms with Crippen LogP contribution in [0.5, 0.6) is 0 Å². The van der Waals surface area contributed by atoms with E-state index in [-0.39, 0.29) is 5.84 Å². The fourth-order valence-electron chi connectivity index (χ4n) is 5.37. The van der Waals surface area contributed by atoms with Gasteiger partial charge in [-0.3, -0.25) is 5.41 Å². The molecule has 2 heterocycles. The minimum Gasteiger partial charge on any atom is -0.436 e. The second kappa shape index (κ2) is 12.3. The first kappa shape index (κ1) is 28.4. The minimum atomic E-state index is 0.0123. The molecule has 0 aliphatic heterocycles. The molecule has 0 spiro atoms. The summed E-state index contributed by atoms with van der Waals surface area (Å²) in [5.41, 5.74) is 7.41. The van der Waals surface area contributed by atoms with Gasteiger partial charge in [-0.05, 0) is 54.1 Å².